The van der Waals surface area contributed by atoms with Crippen molar-refractivity contribution in [2.45, 2.75) is 38.4 Å². The van der Waals surface area contributed by atoms with Crippen molar-refractivity contribution in [3.63, 3.8) is 0 Å². The van der Waals surface area contributed by atoms with Gasteiger partial charge in [0.2, 0.25) is 0 Å². The SMILES string of the molecule is CCc1cccc2c(CCNC(=NC)N3CCS(=O)(=O)C(C)(C)C3)c[nH]c12.I. The number of aliphatic imine (C=N–C) groups is 1. The van der Waals surface area contributed by atoms with Crippen molar-refractivity contribution in [3.05, 3.63) is 35.5 Å². The van der Waals surface area contributed by atoms with Gasteiger partial charge in [-0.3, -0.25) is 4.99 Å². The van der Waals surface area contributed by atoms with Gasteiger partial charge in [0.25, 0.3) is 0 Å². The zero-order chi connectivity index (χ0) is 19.7. The summed E-state index contributed by atoms with van der Waals surface area (Å²) in [4.78, 5) is 9.82. The second kappa shape index (κ2) is 9.02. The molecule has 0 amide bonds. The molecule has 8 heteroatoms. The highest BCUT2D eigenvalue weighted by molar-refractivity contribution is 14.0. The van der Waals surface area contributed by atoms with E-state index >= 15 is 0 Å². The third kappa shape index (κ3) is 4.48. The molecule has 0 spiro atoms. The Morgan fingerprint density at radius 1 is 1.32 bits per heavy atom. The molecule has 0 unspecified atom stereocenters. The maximum atomic E-state index is 12.2. The molecule has 1 aliphatic heterocycles. The molecule has 1 fully saturated rings. The Balaban J connectivity index is 0.00000280. The minimum Gasteiger partial charge on any atom is -0.361 e. The molecule has 0 bridgehead atoms. The van der Waals surface area contributed by atoms with E-state index in [1.807, 2.05) is 4.90 Å². The van der Waals surface area contributed by atoms with Crippen molar-refractivity contribution in [2.24, 2.45) is 4.99 Å². The van der Waals surface area contributed by atoms with Crippen LogP contribution in [0.4, 0.5) is 0 Å². The number of nitrogens with one attached hydrogen (secondary N) is 2. The predicted octanol–water partition coefficient (Wildman–Crippen LogP) is 2.98. The number of nitrogens with zero attached hydrogens (tertiary/aromatic N) is 2. The maximum Gasteiger partial charge on any atom is 0.193 e. The summed E-state index contributed by atoms with van der Waals surface area (Å²) in [6, 6.07) is 6.43. The monoisotopic (exact) mass is 518 g/mol. The second-order valence-electron chi connectivity index (χ2n) is 7.73. The molecule has 28 heavy (non-hydrogen) atoms. The summed E-state index contributed by atoms with van der Waals surface area (Å²) in [6.07, 6.45) is 3.97. The fraction of sp³-hybridized carbons (Fsp3) is 0.550. The highest BCUT2D eigenvalue weighted by atomic mass is 127. The number of H-pyrrole nitrogens is 1. The summed E-state index contributed by atoms with van der Waals surface area (Å²) < 4.78 is 23.7. The molecule has 2 N–H and O–H groups in total. The Hall–Kier alpha value is -1.29. The van der Waals surface area contributed by atoms with Gasteiger partial charge in [-0.2, -0.15) is 0 Å². The van der Waals surface area contributed by atoms with E-state index in [1.165, 1.54) is 22.0 Å². The van der Waals surface area contributed by atoms with Gasteiger partial charge >= 0.3 is 0 Å². The van der Waals surface area contributed by atoms with Gasteiger partial charge in [0, 0.05) is 43.8 Å². The van der Waals surface area contributed by atoms with Gasteiger partial charge in [-0.25, -0.2) is 8.42 Å². The second-order valence-corrected chi connectivity index (χ2v) is 10.5. The Labute approximate surface area is 185 Å². The molecule has 2 heterocycles. The van der Waals surface area contributed by atoms with Crippen LogP contribution in [0.15, 0.2) is 29.4 Å². The minimum absolute atomic E-state index is 0. The standard InChI is InChI=1S/C20H30N4O2S.HI/c1-5-15-7-6-8-17-16(13-23-18(15)17)9-10-22-19(21-4)24-11-12-27(25,26)20(2,3)14-24;/h6-8,13,23H,5,9-12,14H2,1-4H3,(H,21,22);1H. The van der Waals surface area contributed by atoms with Crippen LogP contribution in [0.2, 0.25) is 0 Å². The molecule has 1 aromatic heterocycles. The van der Waals surface area contributed by atoms with E-state index in [4.69, 9.17) is 0 Å². The summed E-state index contributed by atoms with van der Waals surface area (Å²) in [7, 11) is -1.30. The highest BCUT2D eigenvalue weighted by Gasteiger charge is 2.40. The van der Waals surface area contributed by atoms with E-state index in [9.17, 15) is 8.42 Å². The number of fused-ring (bicyclic) bond motifs is 1. The van der Waals surface area contributed by atoms with Crippen molar-refractivity contribution < 1.29 is 8.42 Å². The number of aromatic nitrogens is 1. The van der Waals surface area contributed by atoms with Gasteiger partial charge in [0.1, 0.15) is 0 Å². The molecule has 1 saturated heterocycles. The lowest BCUT2D eigenvalue weighted by Crippen LogP contribution is -2.57. The van der Waals surface area contributed by atoms with Gasteiger partial charge in [0.05, 0.1) is 10.5 Å². The molecule has 6 nitrogen and oxygen atoms in total. The molecule has 2 aromatic rings. The van der Waals surface area contributed by atoms with Crippen LogP contribution in [0.1, 0.15) is 31.9 Å². The van der Waals surface area contributed by atoms with E-state index in [1.54, 1.807) is 20.9 Å². The highest BCUT2D eigenvalue weighted by Crippen LogP contribution is 2.24. The Kier molecular flexibility index (Phi) is 7.41. The Morgan fingerprint density at radius 3 is 2.71 bits per heavy atom. The zero-order valence-electron chi connectivity index (χ0n) is 17.1. The van der Waals surface area contributed by atoms with E-state index in [2.05, 4.69) is 46.6 Å². The summed E-state index contributed by atoms with van der Waals surface area (Å²) in [5, 5.41) is 4.68. The first-order valence-corrected chi connectivity index (χ1v) is 11.2. The summed E-state index contributed by atoms with van der Waals surface area (Å²) in [5.74, 6) is 0.940. The average molecular weight is 518 g/mol. The molecule has 0 radical (unpaired) electrons. The van der Waals surface area contributed by atoms with E-state index < -0.39 is 14.6 Å². The molecule has 3 rings (SSSR count). The number of sulfone groups is 1. The minimum atomic E-state index is -3.05. The van der Waals surface area contributed by atoms with Crippen LogP contribution < -0.4 is 5.32 Å². The van der Waals surface area contributed by atoms with Crippen molar-refractivity contribution in [2.75, 3.05) is 32.4 Å². The molecule has 156 valence electrons. The van der Waals surface area contributed by atoms with E-state index in [0.717, 1.165) is 25.3 Å². The third-order valence-electron chi connectivity index (χ3n) is 5.50. The molecule has 0 atom stereocenters. The lowest BCUT2D eigenvalue weighted by atomic mass is 10.1. The van der Waals surface area contributed by atoms with Crippen LogP contribution in [0.25, 0.3) is 10.9 Å². The quantitative estimate of drug-likeness (QED) is 0.371. The zero-order valence-corrected chi connectivity index (χ0v) is 20.2. The van der Waals surface area contributed by atoms with Crippen molar-refractivity contribution >= 4 is 50.7 Å². The largest absolute Gasteiger partial charge is 0.361 e. The fourth-order valence-corrected chi connectivity index (χ4v) is 5.11. The Bertz CT molecular complexity index is 950. The average Bonchev–Trinajstić information content (AvgIpc) is 3.04. The predicted molar refractivity (Wildman–Crippen MR) is 128 cm³/mol. The van der Waals surface area contributed by atoms with E-state index in [0.29, 0.717) is 13.1 Å². The summed E-state index contributed by atoms with van der Waals surface area (Å²) >= 11 is 0. The lowest BCUT2D eigenvalue weighted by Gasteiger charge is -2.39. The molecular formula is C20H31IN4O2S. The number of halogens is 1. The number of aromatic amines is 1. The first kappa shape index (κ1) is 23.0. The molecule has 1 aromatic carbocycles. The first-order valence-electron chi connectivity index (χ1n) is 9.55. The van der Waals surface area contributed by atoms with Crippen LogP contribution in [0.5, 0.6) is 0 Å². The van der Waals surface area contributed by atoms with Gasteiger partial charge in [-0.05, 0) is 37.8 Å². The van der Waals surface area contributed by atoms with Crippen LogP contribution in [0, 0.1) is 0 Å². The summed E-state index contributed by atoms with van der Waals surface area (Å²) in [5.41, 5.74) is 3.84. The summed E-state index contributed by atoms with van der Waals surface area (Å²) in [6.45, 7) is 7.44. The normalized spacial score (nSPS) is 18.7. The van der Waals surface area contributed by atoms with Crippen molar-refractivity contribution in [1.29, 1.82) is 0 Å². The van der Waals surface area contributed by atoms with Crippen LogP contribution in [-0.4, -0.2) is 61.4 Å². The number of rotatable bonds is 4. The number of para-hydroxylation sites is 1. The topological polar surface area (TPSA) is 77.6 Å². The molecule has 1 aliphatic rings. The number of aryl methyl sites for hydroxylation is 1. The van der Waals surface area contributed by atoms with Gasteiger partial charge in [0.15, 0.2) is 15.8 Å². The molecular weight excluding hydrogens is 487 g/mol. The van der Waals surface area contributed by atoms with Gasteiger partial charge in [-0.15, -0.1) is 24.0 Å². The van der Waals surface area contributed by atoms with Crippen LogP contribution >= 0.6 is 24.0 Å². The molecule has 0 aliphatic carbocycles. The van der Waals surface area contributed by atoms with Gasteiger partial charge in [-0.1, -0.05) is 25.1 Å². The number of benzene rings is 1. The van der Waals surface area contributed by atoms with E-state index in [-0.39, 0.29) is 29.7 Å². The lowest BCUT2D eigenvalue weighted by molar-refractivity contribution is 0.353. The number of guanidine groups is 1. The first-order chi connectivity index (χ1) is 12.8. The fourth-order valence-electron chi connectivity index (χ4n) is 3.74. The number of hydrogen-bond acceptors (Lipinski definition) is 3. The third-order valence-corrected chi connectivity index (χ3v) is 8.03. The van der Waals surface area contributed by atoms with Crippen molar-refractivity contribution in [1.82, 2.24) is 15.2 Å². The maximum absolute atomic E-state index is 12.2. The van der Waals surface area contributed by atoms with Crippen LogP contribution in [-0.2, 0) is 22.7 Å². The Morgan fingerprint density at radius 2 is 2.07 bits per heavy atom. The molecule has 0 saturated carbocycles. The van der Waals surface area contributed by atoms with Gasteiger partial charge < -0.3 is 15.2 Å². The smallest absolute Gasteiger partial charge is 0.193 e. The van der Waals surface area contributed by atoms with Crippen LogP contribution in [0.3, 0.4) is 0 Å². The van der Waals surface area contributed by atoms with Crippen molar-refractivity contribution in [3.8, 4) is 0 Å². The number of hydrogen-bond donors (Lipinski definition) is 2.